The van der Waals surface area contributed by atoms with Crippen LogP contribution < -0.4 is 0 Å². The van der Waals surface area contributed by atoms with E-state index in [0.717, 1.165) is 25.9 Å². The van der Waals surface area contributed by atoms with Crippen LogP contribution in [-0.2, 0) is 17.8 Å². The van der Waals surface area contributed by atoms with Crippen molar-refractivity contribution >= 4 is 17.2 Å². The number of fused-ring (bicyclic) bond motifs is 1. The third-order valence-corrected chi connectivity index (χ3v) is 4.99. The molecule has 1 amide bonds. The van der Waals surface area contributed by atoms with Crippen LogP contribution in [-0.4, -0.2) is 21.9 Å². The van der Waals surface area contributed by atoms with Gasteiger partial charge in [-0.3, -0.25) is 4.79 Å². The Labute approximate surface area is 123 Å². The molecule has 1 atom stereocenters. The van der Waals surface area contributed by atoms with Crippen molar-refractivity contribution in [1.29, 1.82) is 0 Å². The molecule has 2 aromatic heterocycles. The van der Waals surface area contributed by atoms with E-state index in [0.29, 0.717) is 12.3 Å². The van der Waals surface area contributed by atoms with Gasteiger partial charge in [-0.05, 0) is 43.3 Å². The van der Waals surface area contributed by atoms with Gasteiger partial charge in [-0.15, -0.1) is 11.3 Å². The third-order valence-electron chi connectivity index (χ3n) is 4.06. The highest BCUT2D eigenvalue weighted by Crippen LogP contribution is 2.26. The van der Waals surface area contributed by atoms with Crippen LogP contribution in [0.25, 0.3) is 0 Å². The molecular weight excluding hydrogens is 268 g/mol. The molecule has 1 aliphatic rings. The van der Waals surface area contributed by atoms with E-state index in [1.165, 1.54) is 10.6 Å². The van der Waals surface area contributed by atoms with E-state index in [9.17, 15) is 4.79 Å². The highest BCUT2D eigenvalue weighted by molar-refractivity contribution is 7.09. The van der Waals surface area contributed by atoms with E-state index in [4.69, 9.17) is 0 Å². The summed E-state index contributed by atoms with van der Waals surface area (Å²) in [5, 5.41) is 2.10. The number of amides is 1. The average molecular weight is 288 g/mol. The maximum absolute atomic E-state index is 12.4. The first kappa shape index (κ1) is 13.4. The molecule has 0 spiro atoms. The Bertz CT molecular complexity index is 573. The second kappa shape index (κ2) is 5.83. The molecule has 0 radical (unpaired) electrons. The molecule has 20 heavy (non-hydrogen) atoms. The van der Waals surface area contributed by atoms with Crippen LogP contribution in [0.1, 0.15) is 36.4 Å². The molecule has 0 unspecified atom stereocenters. The quantitative estimate of drug-likeness (QED) is 0.845. The number of hydrogen-bond donors (Lipinski definition) is 0. The second-order valence-electron chi connectivity index (χ2n) is 5.32. The Kier molecular flexibility index (Phi) is 3.92. The van der Waals surface area contributed by atoms with Gasteiger partial charge in [0.15, 0.2) is 0 Å². The van der Waals surface area contributed by atoms with Gasteiger partial charge in [0.2, 0.25) is 5.91 Å². The molecule has 106 valence electrons. The van der Waals surface area contributed by atoms with E-state index < -0.39 is 0 Å². The molecule has 0 bridgehead atoms. The number of rotatable bonds is 4. The summed E-state index contributed by atoms with van der Waals surface area (Å²) in [7, 11) is 0. The first-order valence-corrected chi connectivity index (χ1v) is 8.10. The van der Waals surface area contributed by atoms with Crippen LogP contribution in [0.15, 0.2) is 35.8 Å². The zero-order chi connectivity index (χ0) is 13.9. The molecule has 3 rings (SSSR count). The molecule has 1 aliphatic heterocycles. The van der Waals surface area contributed by atoms with Crippen LogP contribution in [0, 0.1) is 0 Å². The van der Waals surface area contributed by atoms with E-state index >= 15 is 0 Å². The molecule has 0 fully saturated rings. The number of aryl methyl sites for hydroxylation is 1. The second-order valence-corrected chi connectivity index (χ2v) is 6.35. The van der Waals surface area contributed by atoms with Crippen molar-refractivity contribution in [3.8, 4) is 0 Å². The standard InChI is InChI=1S/C16H20N2OS/c1-13-15-7-3-9-17(15)10-11-18(13)16(19)8-2-5-14-6-4-12-20-14/h3-4,6-7,9,12-13H,2,5,8,10-11H2,1H3/t13-/m1/s1. The van der Waals surface area contributed by atoms with Crippen molar-refractivity contribution < 1.29 is 4.79 Å². The first-order valence-electron chi connectivity index (χ1n) is 7.22. The summed E-state index contributed by atoms with van der Waals surface area (Å²) in [6, 6.07) is 8.61. The summed E-state index contributed by atoms with van der Waals surface area (Å²) in [6.07, 6.45) is 4.72. The summed E-state index contributed by atoms with van der Waals surface area (Å²) in [5.74, 6) is 0.293. The average Bonchev–Trinajstić information content (AvgIpc) is 3.09. The van der Waals surface area contributed by atoms with Gasteiger partial charge in [-0.25, -0.2) is 0 Å². The highest BCUT2D eigenvalue weighted by atomic mass is 32.1. The van der Waals surface area contributed by atoms with E-state index in [2.05, 4.69) is 47.3 Å². The fraction of sp³-hybridized carbons (Fsp3) is 0.438. The molecule has 2 aromatic rings. The fourth-order valence-electron chi connectivity index (χ4n) is 2.93. The lowest BCUT2D eigenvalue weighted by Crippen LogP contribution is -2.40. The largest absolute Gasteiger partial charge is 0.348 e. The Hall–Kier alpha value is -1.55. The number of thiophene rings is 1. The van der Waals surface area contributed by atoms with Gasteiger partial charge in [0.05, 0.1) is 6.04 Å². The molecular formula is C16H20N2OS. The van der Waals surface area contributed by atoms with Crippen molar-refractivity contribution in [2.75, 3.05) is 6.54 Å². The van der Waals surface area contributed by atoms with Crippen molar-refractivity contribution in [1.82, 2.24) is 9.47 Å². The molecule has 0 saturated carbocycles. The Morgan fingerprint density at radius 3 is 3.05 bits per heavy atom. The molecule has 4 heteroatoms. The predicted octanol–water partition coefficient (Wildman–Crippen LogP) is 3.48. The van der Waals surface area contributed by atoms with Gasteiger partial charge < -0.3 is 9.47 Å². The number of hydrogen-bond acceptors (Lipinski definition) is 2. The monoisotopic (exact) mass is 288 g/mol. The minimum atomic E-state index is 0.202. The van der Waals surface area contributed by atoms with Gasteiger partial charge >= 0.3 is 0 Å². The summed E-state index contributed by atoms with van der Waals surface area (Å²) in [4.78, 5) is 15.8. The molecule has 3 heterocycles. The van der Waals surface area contributed by atoms with Gasteiger partial charge in [0, 0.05) is 36.3 Å². The normalized spacial score (nSPS) is 18.1. The number of carbonyl (C=O) groups is 1. The van der Waals surface area contributed by atoms with E-state index in [-0.39, 0.29) is 6.04 Å². The summed E-state index contributed by atoms with van der Waals surface area (Å²) in [5.41, 5.74) is 1.25. The lowest BCUT2D eigenvalue weighted by molar-refractivity contribution is -0.134. The zero-order valence-corrected chi connectivity index (χ0v) is 12.6. The number of aromatic nitrogens is 1. The van der Waals surface area contributed by atoms with Crippen molar-refractivity contribution in [3.63, 3.8) is 0 Å². The van der Waals surface area contributed by atoms with Crippen LogP contribution in [0.5, 0.6) is 0 Å². The van der Waals surface area contributed by atoms with Crippen LogP contribution in [0.4, 0.5) is 0 Å². The number of nitrogens with zero attached hydrogens (tertiary/aromatic N) is 2. The van der Waals surface area contributed by atoms with Crippen LogP contribution in [0.3, 0.4) is 0 Å². The van der Waals surface area contributed by atoms with Crippen LogP contribution >= 0.6 is 11.3 Å². The number of carbonyl (C=O) groups excluding carboxylic acids is 1. The minimum absolute atomic E-state index is 0.202. The Balaban J connectivity index is 1.55. The smallest absolute Gasteiger partial charge is 0.223 e. The minimum Gasteiger partial charge on any atom is -0.348 e. The summed E-state index contributed by atoms with van der Waals surface area (Å²) in [6.45, 7) is 3.88. The summed E-state index contributed by atoms with van der Waals surface area (Å²) >= 11 is 1.77. The van der Waals surface area contributed by atoms with E-state index in [1.807, 2.05) is 4.90 Å². The topological polar surface area (TPSA) is 25.2 Å². The van der Waals surface area contributed by atoms with Crippen molar-refractivity contribution in [2.45, 2.75) is 38.8 Å². The highest BCUT2D eigenvalue weighted by Gasteiger charge is 2.26. The van der Waals surface area contributed by atoms with Gasteiger partial charge in [0.25, 0.3) is 0 Å². The van der Waals surface area contributed by atoms with Gasteiger partial charge in [-0.1, -0.05) is 6.07 Å². The lowest BCUT2D eigenvalue weighted by atomic mass is 10.1. The van der Waals surface area contributed by atoms with Crippen molar-refractivity contribution in [3.05, 3.63) is 46.4 Å². The van der Waals surface area contributed by atoms with Gasteiger partial charge in [-0.2, -0.15) is 0 Å². The Morgan fingerprint density at radius 2 is 2.25 bits per heavy atom. The molecule has 0 saturated heterocycles. The molecule has 3 nitrogen and oxygen atoms in total. The Morgan fingerprint density at radius 1 is 1.35 bits per heavy atom. The fourth-order valence-corrected chi connectivity index (χ4v) is 3.68. The molecule has 0 N–H and O–H groups in total. The predicted molar refractivity (Wildman–Crippen MR) is 81.8 cm³/mol. The maximum Gasteiger partial charge on any atom is 0.223 e. The zero-order valence-electron chi connectivity index (χ0n) is 11.8. The first-order chi connectivity index (χ1) is 9.75. The third kappa shape index (κ3) is 2.66. The SMILES string of the molecule is C[C@@H]1c2cccn2CCN1C(=O)CCCc1cccs1. The maximum atomic E-state index is 12.4. The van der Waals surface area contributed by atoms with Gasteiger partial charge in [0.1, 0.15) is 0 Å². The van der Waals surface area contributed by atoms with Crippen LogP contribution in [0.2, 0.25) is 0 Å². The van der Waals surface area contributed by atoms with Crippen molar-refractivity contribution in [2.24, 2.45) is 0 Å². The molecule has 0 aliphatic carbocycles. The van der Waals surface area contributed by atoms with E-state index in [1.54, 1.807) is 11.3 Å². The molecule has 0 aromatic carbocycles. The lowest BCUT2D eigenvalue weighted by Gasteiger charge is -2.35. The summed E-state index contributed by atoms with van der Waals surface area (Å²) < 4.78 is 2.25.